The van der Waals surface area contributed by atoms with Gasteiger partial charge in [0.25, 0.3) is 0 Å². The summed E-state index contributed by atoms with van der Waals surface area (Å²) < 4.78 is 1.98. The zero-order valence-electron chi connectivity index (χ0n) is 21.2. The SMILES string of the molecule is Cc1ccccc1CSc1nnc(C(C)NC(=O)C23CC4CC(CC(C4)C2)C3)n1-c1ccc(Cl)cc1Cl. The Hall–Kier alpha value is -2.02. The first-order chi connectivity index (χ1) is 17.8. The molecule has 0 spiro atoms. The number of thioether (sulfide) groups is 1. The van der Waals surface area contributed by atoms with Gasteiger partial charge in [-0.3, -0.25) is 9.36 Å². The molecule has 1 amide bonds. The van der Waals surface area contributed by atoms with Crippen LogP contribution in [0.25, 0.3) is 5.69 Å². The Morgan fingerprint density at radius 3 is 2.41 bits per heavy atom. The second kappa shape index (κ2) is 9.94. The lowest BCUT2D eigenvalue weighted by atomic mass is 9.49. The van der Waals surface area contributed by atoms with Crippen LogP contribution < -0.4 is 5.32 Å². The molecule has 4 bridgehead atoms. The number of nitrogens with zero attached hydrogens (tertiary/aromatic N) is 3. The summed E-state index contributed by atoms with van der Waals surface area (Å²) in [5.41, 5.74) is 3.03. The third kappa shape index (κ3) is 4.81. The van der Waals surface area contributed by atoms with Crippen LogP contribution in [0.2, 0.25) is 10.0 Å². The highest BCUT2D eigenvalue weighted by molar-refractivity contribution is 7.98. The highest BCUT2D eigenvalue weighted by Crippen LogP contribution is 2.60. The predicted octanol–water partition coefficient (Wildman–Crippen LogP) is 7.57. The maximum absolute atomic E-state index is 13.8. The number of hydrogen-bond donors (Lipinski definition) is 1. The van der Waals surface area contributed by atoms with Crippen molar-refractivity contribution in [1.82, 2.24) is 20.1 Å². The first kappa shape index (κ1) is 25.3. The lowest BCUT2D eigenvalue weighted by Gasteiger charge is -2.55. The molecule has 2 aromatic carbocycles. The Kier molecular flexibility index (Phi) is 6.79. The average molecular weight is 556 g/mol. The van der Waals surface area contributed by atoms with Crippen molar-refractivity contribution in [2.75, 3.05) is 0 Å². The molecular weight excluding hydrogens is 523 g/mol. The van der Waals surface area contributed by atoms with Crippen LogP contribution in [0.5, 0.6) is 0 Å². The van der Waals surface area contributed by atoms with Crippen molar-refractivity contribution in [3.63, 3.8) is 0 Å². The third-order valence-electron chi connectivity index (χ3n) is 8.68. The van der Waals surface area contributed by atoms with Gasteiger partial charge in [-0.1, -0.05) is 59.2 Å². The molecule has 4 saturated carbocycles. The van der Waals surface area contributed by atoms with Crippen LogP contribution in [0, 0.1) is 30.1 Å². The van der Waals surface area contributed by atoms with Crippen molar-refractivity contribution in [2.24, 2.45) is 23.2 Å². The fourth-order valence-corrected chi connectivity index (χ4v) is 8.78. The Balaban J connectivity index is 1.29. The summed E-state index contributed by atoms with van der Waals surface area (Å²) in [5.74, 6) is 3.76. The number of benzene rings is 2. The Morgan fingerprint density at radius 1 is 1.08 bits per heavy atom. The van der Waals surface area contributed by atoms with Crippen LogP contribution in [0.4, 0.5) is 0 Å². The van der Waals surface area contributed by atoms with Crippen LogP contribution >= 0.6 is 35.0 Å². The molecule has 194 valence electrons. The smallest absolute Gasteiger partial charge is 0.226 e. The first-order valence-corrected chi connectivity index (χ1v) is 14.9. The molecule has 0 radical (unpaired) electrons. The molecule has 7 rings (SSSR count). The van der Waals surface area contributed by atoms with E-state index in [0.29, 0.717) is 33.6 Å². The Labute approximate surface area is 232 Å². The number of carbonyl (C=O) groups excluding carboxylic acids is 1. The van der Waals surface area contributed by atoms with Gasteiger partial charge in [0.2, 0.25) is 5.91 Å². The van der Waals surface area contributed by atoms with Crippen molar-refractivity contribution in [3.8, 4) is 5.69 Å². The topological polar surface area (TPSA) is 59.8 Å². The molecule has 1 atom stereocenters. The molecular formula is C29H32Cl2N4OS. The summed E-state index contributed by atoms with van der Waals surface area (Å²) in [4.78, 5) is 13.8. The van der Waals surface area contributed by atoms with E-state index in [2.05, 4.69) is 40.6 Å². The summed E-state index contributed by atoms with van der Waals surface area (Å²) in [6, 6.07) is 13.5. The van der Waals surface area contributed by atoms with Gasteiger partial charge in [-0.15, -0.1) is 10.2 Å². The van der Waals surface area contributed by atoms with Crippen molar-refractivity contribution < 1.29 is 4.79 Å². The lowest BCUT2D eigenvalue weighted by molar-refractivity contribution is -0.147. The average Bonchev–Trinajstić information content (AvgIpc) is 3.26. The molecule has 1 heterocycles. The van der Waals surface area contributed by atoms with Gasteiger partial charge in [-0.05, 0) is 99.5 Å². The van der Waals surface area contributed by atoms with Crippen LogP contribution in [-0.2, 0) is 10.5 Å². The summed E-state index contributed by atoms with van der Waals surface area (Å²) in [7, 11) is 0. The molecule has 1 N–H and O–H groups in total. The second-order valence-electron chi connectivity index (χ2n) is 11.4. The predicted molar refractivity (Wildman–Crippen MR) is 149 cm³/mol. The van der Waals surface area contributed by atoms with Crippen LogP contribution in [0.3, 0.4) is 0 Å². The summed E-state index contributed by atoms with van der Waals surface area (Å²) in [6.45, 7) is 4.11. The van der Waals surface area contributed by atoms with E-state index >= 15 is 0 Å². The van der Waals surface area contributed by atoms with Crippen LogP contribution in [-0.4, -0.2) is 20.7 Å². The van der Waals surface area contributed by atoms with E-state index in [-0.39, 0.29) is 17.4 Å². The molecule has 8 heteroatoms. The lowest BCUT2D eigenvalue weighted by Crippen LogP contribution is -2.54. The molecule has 1 aromatic heterocycles. The number of nitrogens with one attached hydrogen (secondary N) is 1. The van der Waals surface area contributed by atoms with E-state index in [1.54, 1.807) is 17.8 Å². The molecule has 1 unspecified atom stereocenters. The molecule has 3 aromatic rings. The molecule has 4 aliphatic rings. The summed E-state index contributed by atoms with van der Waals surface area (Å²) >= 11 is 14.5. The zero-order valence-corrected chi connectivity index (χ0v) is 23.5. The van der Waals surface area contributed by atoms with Crippen molar-refractivity contribution >= 4 is 40.9 Å². The van der Waals surface area contributed by atoms with Gasteiger partial charge in [-0.2, -0.15) is 0 Å². The van der Waals surface area contributed by atoms with Gasteiger partial charge in [0.15, 0.2) is 11.0 Å². The van der Waals surface area contributed by atoms with Gasteiger partial charge in [0, 0.05) is 16.2 Å². The maximum Gasteiger partial charge on any atom is 0.226 e. The number of hydrogen-bond acceptors (Lipinski definition) is 4. The van der Waals surface area contributed by atoms with Crippen molar-refractivity contribution in [2.45, 2.75) is 69.3 Å². The monoisotopic (exact) mass is 554 g/mol. The van der Waals surface area contributed by atoms with Gasteiger partial charge in [0.1, 0.15) is 0 Å². The number of rotatable bonds is 7. The van der Waals surface area contributed by atoms with Crippen molar-refractivity contribution in [3.05, 3.63) is 69.5 Å². The maximum atomic E-state index is 13.8. The van der Waals surface area contributed by atoms with Gasteiger partial charge in [-0.25, -0.2) is 0 Å². The Bertz CT molecular complexity index is 1300. The number of carbonyl (C=O) groups is 1. The number of aryl methyl sites for hydroxylation is 1. The van der Waals surface area contributed by atoms with E-state index < -0.39 is 0 Å². The van der Waals surface area contributed by atoms with Crippen molar-refractivity contribution in [1.29, 1.82) is 0 Å². The minimum absolute atomic E-state index is 0.185. The van der Waals surface area contributed by atoms with E-state index in [4.69, 9.17) is 23.2 Å². The molecule has 4 fully saturated rings. The van der Waals surface area contributed by atoms with E-state index in [1.165, 1.54) is 30.4 Å². The zero-order chi connectivity index (χ0) is 25.7. The quantitative estimate of drug-likeness (QED) is 0.306. The fraction of sp³-hybridized carbons (Fsp3) is 0.483. The normalized spacial score (nSPS) is 26.9. The Morgan fingerprint density at radius 2 is 1.76 bits per heavy atom. The summed E-state index contributed by atoms with van der Waals surface area (Å²) in [5, 5.41) is 14.3. The molecule has 0 aliphatic heterocycles. The van der Waals surface area contributed by atoms with Gasteiger partial charge in [0.05, 0.1) is 16.8 Å². The highest BCUT2D eigenvalue weighted by atomic mass is 35.5. The number of amides is 1. The molecule has 0 saturated heterocycles. The van der Waals surface area contributed by atoms with E-state index in [1.807, 2.05) is 29.7 Å². The largest absolute Gasteiger partial charge is 0.346 e. The third-order valence-corrected chi connectivity index (χ3v) is 10.2. The van der Waals surface area contributed by atoms with E-state index in [9.17, 15) is 4.79 Å². The van der Waals surface area contributed by atoms with Crippen LogP contribution in [0.15, 0.2) is 47.6 Å². The van der Waals surface area contributed by atoms with Crippen LogP contribution in [0.1, 0.15) is 68.4 Å². The molecule has 5 nitrogen and oxygen atoms in total. The fourth-order valence-electron chi connectivity index (χ4n) is 7.26. The minimum atomic E-state index is -0.312. The summed E-state index contributed by atoms with van der Waals surface area (Å²) in [6.07, 6.45) is 7.03. The first-order valence-electron chi connectivity index (χ1n) is 13.2. The molecule has 4 aliphatic carbocycles. The minimum Gasteiger partial charge on any atom is -0.346 e. The van der Waals surface area contributed by atoms with E-state index in [0.717, 1.165) is 35.9 Å². The molecule has 37 heavy (non-hydrogen) atoms. The second-order valence-corrected chi connectivity index (χ2v) is 13.2. The number of halogens is 2. The highest BCUT2D eigenvalue weighted by Gasteiger charge is 2.54. The standard InChI is InChI=1S/C29H32Cl2N4OS/c1-17-5-3-4-6-22(17)16-37-28-34-33-26(35(28)25-8-7-23(30)12-24(25)31)18(2)32-27(36)29-13-19-9-20(14-29)11-21(10-19)15-29/h3-8,12,18-21H,9-11,13-16H2,1-2H3,(H,32,36). The number of aromatic nitrogens is 3. The van der Waals surface area contributed by atoms with Gasteiger partial charge < -0.3 is 5.32 Å². The van der Waals surface area contributed by atoms with Gasteiger partial charge >= 0.3 is 0 Å².